The molecule has 0 radical (unpaired) electrons. The van der Waals surface area contributed by atoms with Crippen LogP contribution in [-0.2, 0) is 4.79 Å². The van der Waals surface area contributed by atoms with E-state index >= 15 is 0 Å². The number of aliphatic hydroxyl groups excluding tert-OH is 4. The van der Waals surface area contributed by atoms with Gasteiger partial charge in [-0.05, 0) is 51.4 Å². The number of carbonyl (C=O) groups is 1. The van der Waals surface area contributed by atoms with Gasteiger partial charge >= 0.3 is 0 Å². The van der Waals surface area contributed by atoms with E-state index in [-0.39, 0.29) is 0 Å². The predicted octanol–water partition coefficient (Wildman–Crippen LogP) is 5.72. The first kappa shape index (κ1) is 34.8. The largest absolute Gasteiger partial charge is 0.394 e. The topological polar surface area (TPSA) is 110 Å². The van der Waals surface area contributed by atoms with E-state index in [1.54, 1.807) is 0 Å². The maximum absolute atomic E-state index is 12.3. The molecule has 0 aromatic heterocycles. The highest BCUT2D eigenvalue weighted by molar-refractivity contribution is 5.80. The Morgan fingerprint density at radius 1 is 0.667 bits per heavy atom. The second-order valence-electron chi connectivity index (χ2n) is 10.1. The molecular formula is C30H57NO5. The van der Waals surface area contributed by atoms with Gasteiger partial charge in [0, 0.05) is 0 Å². The molecule has 1 amide bonds. The van der Waals surface area contributed by atoms with Crippen molar-refractivity contribution in [3.63, 3.8) is 0 Å². The van der Waals surface area contributed by atoms with E-state index < -0.39 is 36.9 Å². The number of carbonyl (C=O) groups excluding carboxylic acids is 1. The van der Waals surface area contributed by atoms with Crippen molar-refractivity contribution in [2.24, 2.45) is 0 Å². The highest BCUT2D eigenvalue weighted by Gasteiger charge is 2.28. The summed E-state index contributed by atoms with van der Waals surface area (Å²) < 4.78 is 0. The van der Waals surface area contributed by atoms with Crippen LogP contribution in [0.5, 0.6) is 0 Å². The van der Waals surface area contributed by atoms with Crippen LogP contribution in [0, 0.1) is 0 Å². The summed E-state index contributed by atoms with van der Waals surface area (Å²) in [4.78, 5) is 12.3. The highest BCUT2D eigenvalue weighted by Crippen LogP contribution is 2.12. The Hall–Kier alpha value is -1.21. The minimum absolute atomic E-state index is 0.360. The first-order chi connectivity index (χ1) is 17.5. The quantitative estimate of drug-likeness (QED) is 0.0795. The number of hydrogen-bond acceptors (Lipinski definition) is 5. The van der Waals surface area contributed by atoms with Crippen molar-refractivity contribution < 1.29 is 25.2 Å². The highest BCUT2D eigenvalue weighted by atomic mass is 16.3. The van der Waals surface area contributed by atoms with Crippen molar-refractivity contribution in [2.45, 2.75) is 154 Å². The lowest BCUT2D eigenvalue weighted by Crippen LogP contribution is -2.53. The summed E-state index contributed by atoms with van der Waals surface area (Å²) in [7, 11) is 0. The fraction of sp³-hybridized carbons (Fsp3) is 0.833. The zero-order valence-corrected chi connectivity index (χ0v) is 23.3. The van der Waals surface area contributed by atoms with Crippen molar-refractivity contribution >= 4 is 5.91 Å². The number of unbranched alkanes of at least 4 members (excludes halogenated alkanes) is 12. The van der Waals surface area contributed by atoms with Gasteiger partial charge in [-0.15, -0.1) is 0 Å². The van der Waals surface area contributed by atoms with Crippen LogP contribution in [0.1, 0.15) is 129 Å². The van der Waals surface area contributed by atoms with Crippen LogP contribution in [0.15, 0.2) is 24.3 Å². The predicted molar refractivity (Wildman–Crippen MR) is 150 cm³/mol. The van der Waals surface area contributed by atoms with E-state index in [1.807, 2.05) is 0 Å². The Morgan fingerprint density at radius 3 is 1.75 bits per heavy atom. The molecule has 0 saturated heterocycles. The van der Waals surface area contributed by atoms with Gasteiger partial charge < -0.3 is 25.7 Å². The van der Waals surface area contributed by atoms with Crippen LogP contribution in [0.3, 0.4) is 0 Å². The molecule has 0 aliphatic rings. The summed E-state index contributed by atoms with van der Waals surface area (Å²) in [5, 5.41) is 42.9. The molecule has 36 heavy (non-hydrogen) atoms. The third-order valence-corrected chi connectivity index (χ3v) is 6.64. The average Bonchev–Trinajstić information content (AvgIpc) is 2.88. The van der Waals surface area contributed by atoms with Crippen molar-refractivity contribution in [1.82, 2.24) is 5.32 Å². The summed E-state index contributed by atoms with van der Waals surface area (Å²) in [5.74, 6) is -0.606. The van der Waals surface area contributed by atoms with Crippen molar-refractivity contribution in [3.8, 4) is 0 Å². The summed E-state index contributed by atoms with van der Waals surface area (Å²) in [6, 6.07) is -1.000. The fourth-order valence-corrected chi connectivity index (χ4v) is 4.18. The fourth-order valence-electron chi connectivity index (χ4n) is 4.18. The Labute approximate surface area is 221 Å². The summed E-state index contributed by atoms with van der Waals surface area (Å²) in [5.41, 5.74) is 0. The van der Waals surface area contributed by atoms with E-state index in [1.165, 1.54) is 51.4 Å². The first-order valence-corrected chi connectivity index (χ1v) is 14.7. The van der Waals surface area contributed by atoms with E-state index in [4.69, 9.17) is 0 Å². The number of rotatable bonds is 25. The molecule has 0 bridgehead atoms. The molecule has 6 heteroatoms. The van der Waals surface area contributed by atoms with Crippen LogP contribution in [0.2, 0.25) is 0 Å². The third-order valence-electron chi connectivity index (χ3n) is 6.64. The smallest absolute Gasteiger partial charge is 0.249 e. The van der Waals surface area contributed by atoms with Gasteiger partial charge in [0.05, 0.1) is 18.8 Å². The molecular weight excluding hydrogens is 454 g/mol. The first-order valence-electron chi connectivity index (χ1n) is 14.7. The molecule has 0 fully saturated rings. The molecule has 0 aliphatic heterocycles. The maximum Gasteiger partial charge on any atom is 0.249 e. The molecule has 4 unspecified atom stereocenters. The Kier molecular flexibility index (Phi) is 24.6. The zero-order chi connectivity index (χ0) is 26.9. The monoisotopic (exact) mass is 511 g/mol. The number of allylic oxidation sites excluding steroid dienone is 4. The van der Waals surface area contributed by atoms with Gasteiger partial charge in [0.25, 0.3) is 0 Å². The number of aliphatic hydroxyl groups is 4. The van der Waals surface area contributed by atoms with Gasteiger partial charge in [0.1, 0.15) is 12.2 Å². The van der Waals surface area contributed by atoms with E-state index in [0.717, 1.165) is 44.9 Å². The van der Waals surface area contributed by atoms with Gasteiger partial charge in [-0.1, -0.05) is 102 Å². The lowest BCUT2D eigenvalue weighted by molar-refractivity contribution is -0.132. The number of amides is 1. The number of nitrogens with one attached hydrogen (secondary N) is 1. The molecule has 5 N–H and O–H groups in total. The van der Waals surface area contributed by atoms with Crippen LogP contribution in [0.25, 0.3) is 0 Å². The van der Waals surface area contributed by atoms with Gasteiger partial charge in [0.2, 0.25) is 5.91 Å². The molecule has 0 heterocycles. The zero-order valence-electron chi connectivity index (χ0n) is 23.3. The second kappa shape index (κ2) is 25.4. The summed E-state index contributed by atoms with van der Waals surface area (Å²) >= 11 is 0. The third kappa shape index (κ3) is 19.9. The van der Waals surface area contributed by atoms with Crippen molar-refractivity contribution in [2.75, 3.05) is 6.61 Å². The standard InChI is InChI=1S/C30H57NO5/c1-3-5-7-9-11-13-14-15-16-18-19-21-23-27(33)29(35)26(25-32)31-30(36)28(34)24-22-20-17-12-10-8-6-4-2/h11,13,16,18,26-29,32-35H,3-10,12,14-15,17,19-25H2,1-2H3,(H,31,36)/b13-11+,18-16+. The molecule has 4 atom stereocenters. The van der Waals surface area contributed by atoms with Gasteiger partial charge in [-0.2, -0.15) is 0 Å². The van der Waals surface area contributed by atoms with Crippen molar-refractivity contribution in [1.29, 1.82) is 0 Å². The van der Waals surface area contributed by atoms with E-state index in [2.05, 4.69) is 43.5 Å². The molecule has 0 aromatic carbocycles. The van der Waals surface area contributed by atoms with Gasteiger partial charge in [0.15, 0.2) is 0 Å². The van der Waals surface area contributed by atoms with Gasteiger partial charge in [-0.3, -0.25) is 4.79 Å². The summed E-state index contributed by atoms with van der Waals surface area (Å²) in [6.07, 6.45) is 23.5. The number of hydrogen-bond donors (Lipinski definition) is 5. The lowest BCUT2D eigenvalue weighted by Gasteiger charge is -2.27. The minimum atomic E-state index is -1.28. The Morgan fingerprint density at radius 2 is 1.17 bits per heavy atom. The summed E-state index contributed by atoms with van der Waals surface area (Å²) in [6.45, 7) is 3.91. The molecule has 212 valence electrons. The Balaban J connectivity index is 4.03. The Bertz CT molecular complexity index is 551. The SMILES string of the molecule is CCCCC/C=C/CC/C=C/CCCC(O)C(O)C(CO)NC(=O)C(O)CCCCCCCCCC. The molecule has 0 spiro atoms. The molecule has 0 rings (SSSR count). The van der Waals surface area contributed by atoms with Crippen LogP contribution in [0.4, 0.5) is 0 Å². The minimum Gasteiger partial charge on any atom is -0.394 e. The lowest BCUT2D eigenvalue weighted by atomic mass is 10.00. The molecule has 6 nitrogen and oxygen atoms in total. The van der Waals surface area contributed by atoms with Crippen molar-refractivity contribution in [3.05, 3.63) is 24.3 Å². The second-order valence-corrected chi connectivity index (χ2v) is 10.1. The average molecular weight is 512 g/mol. The van der Waals surface area contributed by atoms with E-state index in [9.17, 15) is 25.2 Å². The van der Waals surface area contributed by atoms with Crippen LogP contribution < -0.4 is 5.32 Å². The molecule has 0 aliphatic carbocycles. The van der Waals surface area contributed by atoms with E-state index in [0.29, 0.717) is 19.3 Å². The van der Waals surface area contributed by atoms with Crippen LogP contribution in [-0.4, -0.2) is 57.3 Å². The van der Waals surface area contributed by atoms with Crippen LogP contribution >= 0.6 is 0 Å². The van der Waals surface area contributed by atoms with Gasteiger partial charge in [-0.25, -0.2) is 0 Å². The maximum atomic E-state index is 12.3. The normalized spacial score (nSPS) is 15.4. The molecule has 0 aromatic rings. The molecule has 0 saturated carbocycles.